The van der Waals surface area contributed by atoms with Crippen LogP contribution in [-0.2, 0) is 14.4 Å². The normalized spacial score (nSPS) is 12.0. The van der Waals surface area contributed by atoms with Crippen molar-refractivity contribution in [2.45, 2.75) is 65.0 Å². The number of nitrogens with one attached hydrogen (secondary N) is 3. The zero-order chi connectivity index (χ0) is 16.3. The van der Waals surface area contributed by atoms with E-state index in [9.17, 15) is 14.4 Å². The van der Waals surface area contributed by atoms with Gasteiger partial charge in [-0.2, -0.15) is 0 Å². The van der Waals surface area contributed by atoms with Gasteiger partial charge in [-0.25, -0.2) is 5.43 Å². The molecular formula is C14H28N4O3. The van der Waals surface area contributed by atoms with Gasteiger partial charge in [0.2, 0.25) is 11.8 Å². The van der Waals surface area contributed by atoms with Crippen LogP contribution in [0, 0.1) is 0 Å². The van der Waals surface area contributed by atoms with Crippen LogP contribution in [0.25, 0.3) is 0 Å². The lowest BCUT2D eigenvalue weighted by Gasteiger charge is -2.17. The molecule has 0 aromatic carbocycles. The number of carbonyl (C=O) groups excluding carboxylic acids is 3. The maximum atomic E-state index is 11.8. The highest BCUT2D eigenvalue weighted by atomic mass is 16.2. The van der Waals surface area contributed by atoms with E-state index in [0.717, 1.165) is 12.8 Å². The molecule has 2 amide bonds. The van der Waals surface area contributed by atoms with E-state index in [1.807, 2.05) is 13.8 Å². The van der Waals surface area contributed by atoms with Gasteiger partial charge in [0, 0.05) is 25.4 Å². The van der Waals surface area contributed by atoms with Crippen molar-refractivity contribution in [1.29, 1.82) is 0 Å². The van der Waals surface area contributed by atoms with Crippen LogP contribution in [0.4, 0.5) is 0 Å². The fraction of sp³-hybridized carbons (Fsp3) is 0.786. The third-order valence-electron chi connectivity index (χ3n) is 2.89. The molecular weight excluding hydrogens is 272 g/mol. The van der Waals surface area contributed by atoms with Crippen LogP contribution in [0.2, 0.25) is 0 Å². The Morgan fingerprint density at radius 1 is 1.10 bits per heavy atom. The highest BCUT2D eigenvalue weighted by Gasteiger charge is 2.16. The zero-order valence-corrected chi connectivity index (χ0v) is 13.2. The van der Waals surface area contributed by atoms with Gasteiger partial charge >= 0.3 is 0 Å². The van der Waals surface area contributed by atoms with Crippen molar-refractivity contribution < 1.29 is 14.4 Å². The van der Waals surface area contributed by atoms with Gasteiger partial charge in [0.25, 0.3) is 0 Å². The average molecular weight is 300 g/mol. The van der Waals surface area contributed by atoms with Crippen LogP contribution in [0.3, 0.4) is 0 Å². The molecule has 122 valence electrons. The summed E-state index contributed by atoms with van der Waals surface area (Å²) >= 11 is 0. The number of hydrogen-bond donors (Lipinski definition) is 4. The van der Waals surface area contributed by atoms with Crippen molar-refractivity contribution in [2.75, 3.05) is 6.54 Å². The molecule has 1 unspecified atom stereocenters. The number of ketones is 1. The molecule has 0 bridgehead atoms. The fourth-order valence-corrected chi connectivity index (χ4v) is 1.75. The summed E-state index contributed by atoms with van der Waals surface area (Å²) in [6.07, 6.45) is 2.66. The van der Waals surface area contributed by atoms with Crippen LogP contribution in [-0.4, -0.2) is 36.2 Å². The smallest absolute Gasteiger partial charge is 0.238 e. The SMILES string of the molecule is CC(=O)CCC(=O)NCCCCC(NN)C(=O)NC(C)C. The number of Topliss-reactive ketones (excluding diaryl/α,β-unsaturated/α-hetero) is 1. The molecule has 7 nitrogen and oxygen atoms in total. The molecule has 0 aliphatic rings. The Morgan fingerprint density at radius 2 is 1.76 bits per heavy atom. The van der Waals surface area contributed by atoms with Gasteiger partial charge in [-0.15, -0.1) is 0 Å². The summed E-state index contributed by atoms with van der Waals surface area (Å²) in [6, 6.07) is -0.338. The molecule has 1 atom stereocenters. The minimum Gasteiger partial charge on any atom is -0.356 e. The third-order valence-corrected chi connectivity index (χ3v) is 2.89. The summed E-state index contributed by atoms with van der Waals surface area (Å²) in [5.41, 5.74) is 2.50. The lowest BCUT2D eigenvalue weighted by Crippen LogP contribution is -2.49. The monoisotopic (exact) mass is 300 g/mol. The average Bonchev–Trinajstić information content (AvgIpc) is 2.39. The Morgan fingerprint density at radius 3 is 2.29 bits per heavy atom. The minimum absolute atomic E-state index is 0.0122. The van der Waals surface area contributed by atoms with Crippen molar-refractivity contribution in [3.05, 3.63) is 0 Å². The maximum Gasteiger partial charge on any atom is 0.238 e. The molecule has 0 heterocycles. The predicted molar refractivity (Wildman–Crippen MR) is 81.2 cm³/mol. The summed E-state index contributed by atoms with van der Waals surface area (Å²) < 4.78 is 0. The summed E-state index contributed by atoms with van der Waals surface area (Å²) in [4.78, 5) is 33.9. The molecule has 0 aliphatic carbocycles. The van der Waals surface area contributed by atoms with E-state index in [-0.39, 0.29) is 36.5 Å². The quantitative estimate of drug-likeness (QED) is 0.244. The Hall–Kier alpha value is -1.47. The maximum absolute atomic E-state index is 11.8. The standard InChI is InChI=1S/C14H28N4O3/c1-10(2)17-14(21)12(18-15)6-4-5-9-16-13(20)8-7-11(3)19/h10,12,18H,4-9,15H2,1-3H3,(H,16,20)(H,17,21). The first-order valence-electron chi connectivity index (χ1n) is 7.39. The molecule has 5 N–H and O–H groups in total. The van der Waals surface area contributed by atoms with Crippen LogP contribution in [0.1, 0.15) is 52.9 Å². The molecule has 7 heteroatoms. The Balaban J connectivity index is 3.75. The first-order valence-corrected chi connectivity index (χ1v) is 7.39. The van der Waals surface area contributed by atoms with Gasteiger partial charge in [0.1, 0.15) is 5.78 Å². The summed E-state index contributed by atoms with van der Waals surface area (Å²) in [5, 5.41) is 5.54. The number of rotatable bonds is 11. The Bertz CT molecular complexity index is 345. The van der Waals surface area contributed by atoms with E-state index in [4.69, 9.17) is 5.84 Å². The lowest BCUT2D eigenvalue weighted by atomic mass is 10.1. The summed E-state index contributed by atoms with van der Waals surface area (Å²) in [5.74, 6) is 5.15. The van der Waals surface area contributed by atoms with Crippen molar-refractivity contribution in [3.63, 3.8) is 0 Å². The first kappa shape index (κ1) is 19.5. The number of unbranched alkanes of at least 4 members (excludes halogenated alkanes) is 1. The molecule has 21 heavy (non-hydrogen) atoms. The Kier molecular flexibility index (Phi) is 10.4. The van der Waals surface area contributed by atoms with Crippen LogP contribution < -0.4 is 21.9 Å². The molecule has 0 aromatic rings. The highest BCUT2D eigenvalue weighted by molar-refractivity contribution is 5.83. The summed E-state index contributed by atoms with van der Waals surface area (Å²) in [6.45, 7) is 5.79. The fourth-order valence-electron chi connectivity index (χ4n) is 1.75. The van der Waals surface area contributed by atoms with Crippen LogP contribution in [0.5, 0.6) is 0 Å². The van der Waals surface area contributed by atoms with Crippen LogP contribution in [0.15, 0.2) is 0 Å². The van der Waals surface area contributed by atoms with Gasteiger partial charge < -0.3 is 15.4 Å². The molecule has 0 saturated heterocycles. The molecule has 0 rings (SSSR count). The van der Waals surface area contributed by atoms with Crippen LogP contribution >= 0.6 is 0 Å². The van der Waals surface area contributed by atoms with E-state index in [1.165, 1.54) is 6.92 Å². The minimum atomic E-state index is -0.416. The van der Waals surface area contributed by atoms with Gasteiger partial charge in [-0.3, -0.25) is 15.4 Å². The number of hydrazine groups is 1. The molecule has 0 aromatic heterocycles. The van der Waals surface area contributed by atoms with Gasteiger partial charge in [0.15, 0.2) is 0 Å². The van der Waals surface area contributed by atoms with Crippen molar-refractivity contribution in [1.82, 2.24) is 16.1 Å². The zero-order valence-electron chi connectivity index (χ0n) is 13.2. The predicted octanol–water partition coefficient (Wildman–Crippen LogP) is -0.00140. The lowest BCUT2D eigenvalue weighted by molar-refractivity contribution is -0.124. The van der Waals surface area contributed by atoms with E-state index in [0.29, 0.717) is 13.0 Å². The molecule has 0 aliphatic heterocycles. The van der Waals surface area contributed by atoms with E-state index >= 15 is 0 Å². The molecule has 0 fully saturated rings. The molecule has 0 spiro atoms. The molecule has 0 radical (unpaired) electrons. The second-order valence-electron chi connectivity index (χ2n) is 5.43. The Labute approximate surface area is 126 Å². The topological polar surface area (TPSA) is 113 Å². The second-order valence-corrected chi connectivity index (χ2v) is 5.43. The van der Waals surface area contributed by atoms with Crippen molar-refractivity contribution in [3.8, 4) is 0 Å². The number of carbonyl (C=O) groups is 3. The van der Waals surface area contributed by atoms with Gasteiger partial charge in [-0.1, -0.05) is 0 Å². The number of amides is 2. The third kappa shape index (κ3) is 10.9. The highest BCUT2D eigenvalue weighted by Crippen LogP contribution is 2.01. The van der Waals surface area contributed by atoms with E-state index < -0.39 is 6.04 Å². The summed E-state index contributed by atoms with van der Waals surface area (Å²) in [7, 11) is 0. The van der Waals surface area contributed by atoms with Crippen molar-refractivity contribution in [2.24, 2.45) is 5.84 Å². The van der Waals surface area contributed by atoms with E-state index in [1.54, 1.807) is 0 Å². The second kappa shape index (κ2) is 11.2. The largest absolute Gasteiger partial charge is 0.356 e. The van der Waals surface area contributed by atoms with Crippen molar-refractivity contribution >= 4 is 17.6 Å². The molecule has 0 saturated carbocycles. The van der Waals surface area contributed by atoms with Gasteiger partial charge in [-0.05, 0) is 40.0 Å². The number of nitrogens with two attached hydrogens (primary N) is 1. The van der Waals surface area contributed by atoms with Gasteiger partial charge in [0.05, 0.1) is 6.04 Å². The first-order chi connectivity index (χ1) is 9.86. The number of hydrogen-bond acceptors (Lipinski definition) is 5. The van der Waals surface area contributed by atoms with E-state index in [2.05, 4.69) is 16.1 Å².